The molecule has 1 aliphatic heterocycles. The van der Waals surface area contributed by atoms with Crippen molar-refractivity contribution in [1.29, 1.82) is 0 Å². The summed E-state index contributed by atoms with van der Waals surface area (Å²) in [5.41, 5.74) is -0.123. The van der Waals surface area contributed by atoms with Gasteiger partial charge in [-0.1, -0.05) is 24.3 Å². The van der Waals surface area contributed by atoms with Crippen molar-refractivity contribution < 1.29 is 32.3 Å². The number of anilines is 1. The highest BCUT2D eigenvalue weighted by Gasteiger charge is 2.49. The van der Waals surface area contributed by atoms with Gasteiger partial charge in [0.2, 0.25) is 5.91 Å². The predicted molar refractivity (Wildman–Crippen MR) is 126 cm³/mol. The number of para-hydroxylation sites is 1. The number of alkyl halides is 3. The van der Waals surface area contributed by atoms with Crippen molar-refractivity contribution in [2.24, 2.45) is 5.92 Å². The van der Waals surface area contributed by atoms with E-state index in [-0.39, 0.29) is 23.8 Å². The third kappa shape index (κ3) is 4.68. The van der Waals surface area contributed by atoms with Gasteiger partial charge in [0.1, 0.15) is 11.9 Å². The third-order valence-corrected chi connectivity index (χ3v) is 6.48. The van der Waals surface area contributed by atoms with Crippen LogP contribution >= 0.6 is 0 Å². The minimum Gasteiger partial charge on any atom is -0.461 e. The second-order valence-corrected chi connectivity index (χ2v) is 8.96. The monoisotopic (exact) mass is 512 g/mol. The first-order valence-corrected chi connectivity index (χ1v) is 11.8. The lowest BCUT2D eigenvalue weighted by molar-refractivity contribution is -0.137. The lowest BCUT2D eigenvalue weighted by Crippen LogP contribution is -2.51. The van der Waals surface area contributed by atoms with Crippen LogP contribution in [0.3, 0.4) is 0 Å². The van der Waals surface area contributed by atoms with E-state index >= 15 is 0 Å². The van der Waals surface area contributed by atoms with Gasteiger partial charge in [-0.25, -0.2) is 9.48 Å². The lowest BCUT2D eigenvalue weighted by atomic mass is 9.83. The van der Waals surface area contributed by atoms with Gasteiger partial charge in [0.25, 0.3) is 5.91 Å². The molecule has 192 valence electrons. The molecule has 1 aliphatic carbocycles. The van der Waals surface area contributed by atoms with Crippen LogP contribution in [-0.2, 0) is 15.7 Å². The largest absolute Gasteiger partial charge is 0.461 e. The highest BCUT2D eigenvalue weighted by Crippen LogP contribution is 2.50. The van der Waals surface area contributed by atoms with Crippen molar-refractivity contribution in [2.75, 3.05) is 11.9 Å². The first kappa shape index (κ1) is 24.5. The van der Waals surface area contributed by atoms with E-state index in [1.54, 1.807) is 31.2 Å². The quantitative estimate of drug-likeness (QED) is 0.479. The topological polar surface area (TPSA) is 102 Å². The molecule has 37 heavy (non-hydrogen) atoms. The van der Waals surface area contributed by atoms with Gasteiger partial charge in [-0.15, -0.1) is 0 Å². The smallest absolute Gasteiger partial charge is 0.416 e. The summed E-state index contributed by atoms with van der Waals surface area (Å²) in [6, 6.07) is 11.8. The maximum Gasteiger partial charge on any atom is 0.416 e. The van der Waals surface area contributed by atoms with E-state index < -0.39 is 41.5 Å². The molecule has 2 N–H and O–H groups in total. The predicted octanol–water partition coefficient (Wildman–Crippen LogP) is 4.31. The number of halogens is 3. The molecular formula is C26H23F3N4O4. The molecule has 0 unspecified atom stereocenters. The molecule has 2 aliphatic rings. The average molecular weight is 512 g/mol. The summed E-state index contributed by atoms with van der Waals surface area (Å²) in [6.45, 7) is 1.78. The van der Waals surface area contributed by atoms with Crippen LogP contribution in [0, 0.1) is 5.92 Å². The van der Waals surface area contributed by atoms with Crippen LogP contribution < -0.4 is 10.6 Å². The average Bonchev–Trinajstić information content (AvgIpc) is 3.65. The van der Waals surface area contributed by atoms with E-state index in [1.807, 2.05) is 6.07 Å². The second-order valence-electron chi connectivity index (χ2n) is 8.96. The zero-order valence-electron chi connectivity index (χ0n) is 19.7. The van der Waals surface area contributed by atoms with Gasteiger partial charge in [0.05, 0.1) is 17.9 Å². The summed E-state index contributed by atoms with van der Waals surface area (Å²) in [7, 11) is 0. The zero-order chi connectivity index (χ0) is 26.3. The Bertz CT molecular complexity index is 1370. The number of esters is 1. The Morgan fingerprint density at radius 3 is 2.51 bits per heavy atom. The minimum absolute atomic E-state index is 0.0240. The van der Waals surface area contributed by atoms with E-state index in [1.165, 1.54) is 10.7 Å². The summed E-state index contributed by atoms with van der Waals surface area (Å²) in [5, 5.41) is 9.85. The van der Waals surface area contributed by atoms with E-state index in [9.17, 15) is 27.6 Å². The highest BCUT2D eigenvalue weighted by atomic mass is 19.4. The number of nitrogens with zero attached hydrogens (tertiary/aromatic N) is 2. The van der Waals surface area contributed by atoms with Gasteiger partial charge in [-0.2, -0.15) is 18.3 Å². The molecule has 1 aromatic heterocycles. The Morgan fingerprint density at radius 2 is 1.86 bits per heavy atom. The molecule has 11 heteroatoms. The number of fused-ring (bicyclic) bond motifs is 1. The Hall–Kier alpha value is -4.15. The van der Waals surface area contributed by atoms with E-state index in [4.69, 9.17) is 4.74 Å². The van der Waals surface area contributed by atoms with Crippen LogP contribution in [0.2, 0.25) is 0 Å². The number of benzene rings is 2. The first-order valence-electron chi connectivity index (χ1n) is 11.8. The summed E-state index contributed by atoms with van der Waals surface area (Å²) < 4.78 is 46.2. The fourth-order valence-electron chi connectivity index (χ4n) is 4.68. The van der Waals surface area contributed by atoms with Crippen LogP contribution in [0.4, 0.5) is 19.0 Å². The van der Waals surface area contributed by atoms with E-state index in [0.717, 1.165) is 31.0 Å². The number of hydrogen-bond acceptors (Lipinski definition) is 5. The molecule has 2 amide bonds. The summed E-state index contributed by atoms with van der Waals surface area (Å²) in [6.07, 6.45) is -3.11. The highest BCUT2D eigenvalue weighted by molar-refractivity contribution is 6.05. The minimum atomic E-state index is -4.62. The molecule has 0 radical (unpaired) electrons. The molecule has 1 fully saturated rings. The SMILES string of the molecule is CCOC(=O)c1nn(-c2ccccc2)c2c1[C@H](C1CC1)[C@H](NC(=O)c1cccc(C(F)(F)F)c1)C(=O)N2. The molecule has 3 aromatic rings. The zero-order valence-corrected chi connectivity index (χ0v) is 19.7. The van der Waals surface area contributed by atoms with Crippen molar-refractivity contribution in [3.05, 3.63) is 77.0 Å². The van der Waals surface area contributed by atoms with Crippen LogP contribution in [0.15, 0.2) is 54.6 Å². The van der Waals surface area contributed by atoms with E-state index in [0.29, 0.717) is 17.1 Å². The fourth-order valence-corrected chi connectivity index (χ4v) is 4.68. The molecule has 5 rings (SSSR count). The number of amides is 2. The maximum absolute atomic E-state index is 13.3. The van der Waals surface area contributed by atoms with Crippen LogP contribution in [0.5, 0.6) is 0 Å². The van der Waals surface area contributed by atoms with Gasteiger partial charge < -0.3 is 15.4 Å². The van der Waals surface area contributed by atoms with Gasteiger partial charge in [0, 0.05) is 17.0 Å². The summed E-state index contributed by atoms with van der Waals surface area (Å²) in [4.78, 5) is 39.2. The normalized spacial score (nSPS) is 19.1. The molecular weight excluding hydrogens is 489 g/mol. The van der Waals surface area contributed by atoms with Crippen molar-refractivity contribution in [1.82, 2.24) is 15.1 Å². The molecule has 1 saturated carbocycles. The number of carbonyl (C=O) groups excluding carboxylic acids is 3. The second kappa shape index (κ2) is 9.38. The maximum atomic E-state index is 13.3. The molecule has 0 spiro atoms. The molecule has 2 atom stereocenters. The van der Waals surface area contributed by atoms with Gasteiger partial charge in [-0.05, 0) is 56.0 Å². The van der Waals surface area contributed by atoms with Crippen molar-refractivity contribution >= 4 is 23.6 Å². The summed E-state index contributed by atoms with van der Waals surface area (Å²) >= 11 is 0. The van der Waals surface area contributed by atoms with Crippen LogP contribution in [0.25, 0.3) is 5.69 Å². The Morgan fingerprint density at radius 1 is 1.14 bits per heavy atom. The van der Waals surface area contributed by atoms with Gasteiger partial charge >= 0.3 is 12.1 Å². The first-order chi connectivity index (χ1) is 17.7. The molecule has 2 heterocycles. The molecule has 0 saturated heterocycles. The number of carbonyl (C=O) groups is 3. The van der Waals surface area contributed by atoms with Gasteiger partial charge in [-0.3, -0.25) is 9.59 Å². The van der Waals surface area contributed by atoms with Crippen molar-refractivity contribution in [3.8, 4) is 5.69 Å². The van der Waals surface area contributed by atoms with E-state index in [2.05, 4.69) is 15.7 Å². The number of ether oxygens (including phenoxy) is 1. The number of nitrogens with one attached hydrogen (secondary N) is 2. The van der Waals surface area contributed by atoms with Crippen LogP contribution in [-0.4, -0.2) is 40.2 Å². The standard InChI is InChI=1S/C26H23F3N4O4/c1-2-37-25(36)21-19-18(14-11-12-14)20(30-23(34)15-7-6-8-16(13-15)26(27,28)29)24(35)31-22(19)33(32-21)17-9-4-3-5-10-17/h3-10,13-14,18,20H,2,11-12H2,1H3,(H,30,34)(H,31,35)/t18-,20-/m0/s1. The Kier molecular flexibility index (Phi) is 6.22. The Labute approximate surface area is 209 Å². The van der Waals surface area contributed by atoms with Crippen LogP contribution in [0.1, 0.15) is 57.7 Å². The number of hydrogen-bond donors (Lipinski definition) is 2. The molecule has 2 aromatic carbocycles. The number of rotatable bonds is 6. The Balaban J connectivity index is 1.56. The fraction of sp³-hybridized carbons (Fsp3) is 0.308. The molecule has 0 bridgehead atoms. The number of aromatic nitrogens is 2. The molecule has 8 nitrogen and oxygen atoms in total. The van der Waals surface area contributed by atoms with Gasteiger partial charge in [0.15, 0.2) is 5.69 Å². The lowest BCUT2D eigenvalue weighted by Gasteiger charge is -2.32. The summed E-state index contributed by atoms with van der Waals surface area (Å²) in [5.74, 6) is -2.38. The van der Waals surface area contributed by atoms with Crippen molar-refractivity contribution in [3.63, 3.8) is 0 Å². The van der Waals surface area contributed by atoms with Crippen molar-refractivity contribution in [2.45, 2.75) is 37.9 Å². The third-order valence-electron chi connectivity index (χ3n) is 6.48.